The maximum atomic E-state index is 11.4. The van der Waals surface area contributed by atoms with Crippen molar-refractivity contribution in [3.05, 3.63) is 12.3 Å². The predicted octanol–water partition coefficient (Wildman–Crippen LogP) is 1.32. The maximum Gasteiger partial charge on any atom is 0.410 e. The Morgan fingerprint density at radius 3 is 2.24 bits per heavy atom. The Bertz CT molecular complexity index is 309. The van der Waals surface area contributed by atoms with Gasteiger partial charge in [0, 0.05) is 19.5 Å². The van der Waals surface area contributed by atoms with Gasteiger partial charge in [-0.15, -0.1) is 0 Å². The van der Waals surface area contributed by atoms with E-state index in [0.717, 1.165) is 0 Å². The van der Waals surface area contributed by atoms with Crippen LogP contribution in [-0.4, -0.2) is 49.4 Å². The Morgan fingerprint density at radius 1 is 1.35 bits per heavy atom. The Labute approximate surface area is 101 Å². The van der Waals surface area contributed by atoms with Crippen molar-refractivity contribution in [3.63, 3.8) is 0 Å². The van der Waals surface area contributed by atoms with Crippen LogP contribution in [0.25, 0.3) is 0 Å². The van der Waals surface area contributed by atoms with Gasteiger partial charge in [0.25, 0.3) is 0 Å². The largest absolute Gasteiger partial charge is 0.505 e. The van der Waals surface area contributed by atoms with E-state index in [0.29, 0.717) is 0 Å². The molecule has 98 valence electrons. The number of hydrogen-bond donors (Lipinski definition) is 1. The smallest absolute Gasteiger partial charge is 0.410 e. The average Bonchev–Trinajstić information content (AvgIpc) is 2.21. The number of carboxylic acids is 1. The zero-order valence-corrected chi connectivity index (χ0v) is 10.8. The SMILES string of the molecule is CO/C=C\C(C)(C)C(OC(=O)N(C)C)C(=O)O. The summed E-state index contributed by atoms with van der Waals surface area (Å²) in [5.74, 6) is -1.20. The van der Waals surface area contributed by atoms with E-state index >= 15 is 0 Å². The summed E-state index contributed by atoms with van der Waals surface area (Å²) in [5, 5.41) is 9.07. The second kappa shape index (κ2) is 6.12. The lowest BCUT2D eigenvalue weighted by molar-refractivity contribution is -0.152. The maximum absolute atomic E-state index is 11.4. The number of hydrogen-bond acceptors (Lipinski definition) is 4. The third-order valence-corrected chi connectivity index (χ3v) is 2.12. The molecule has 0 saturated heterocycles. The Hall–Kier alpha value is -1.72. The molecule has 0 aromatic rings. The van der Waals surface area contributed by atoms with Crippen molar-refractivity contribution < 1.29 is 24.2 Å². The number of carboxylic acid groups (broad SMARTS) is 1. The lowest BCUT2D eigenvalue weighted by Crippen LogP contribution is -2.41. The van der Waals surface area contributed by atoms with Crippen molar-refractivity contribution in [3.8, 4) is 0 Å². The molecule has 0 aliphatic heterocycles. The summed E-state index contributed by atoms with van der Waals surface area (Å²) >= 11 is 0. The van der Waals surface area contributed by atoms with Crippen LogP contribution in [0.4, 0.5) is 4.79 Å². The van der Waals surface area contributed by atoms with Crippen molar-refractivity contribution in [2.24, 2.45) is 5.41 Å². The standard InChI is InChI=1S/C11H19NO5/c1-11(2,6-7-16-5)8(9(13)14)17-10(15)12(3)4/h6-8H,1-5H3,(H,13,14)/b7-6-. The fourth-order valence-electron chi connectivity index (χ4n) is 1.06. The van der Waals surface area contributed by atoms with Crippen molar-refractivity contribution in [2.75, 3.05) is 21.2 Å². The van der Waals surface area contributed by atoms with Crippen LogP contribution in [0.1, 0.15) is 13.8 Å². The second-order valence-electron chi connectivity index (χ2n) is 4.36. The summed E-state index contributed by atoms with van der Waals surface area (Å²) in [6, 6.07) is 0. The summed E-state index contributed by atoms with van der Waals surface area (Å²) in [4.78, 5) is 23.6. The van der Waals surface area contributed by atoms with Crippen LogP contribution < -0.4 is 0 Å². The van der Waals surface area contributed by atoms with Crippen LogP contribution in [0.2, 0.25) is 0 Å². The number of methoxy groups -OCH3 is 1. The van der Waals surface area contributed by atoms with E-state index in [9.17, 15) is 9.59 Å². The van der Waals surface area contributed by atoms with Crippen LogP contribution >= 0.6 is 0 Å². The molecule has 0 heterocycles. The molecule has 0 spiro atoms. The molecule has 0 bridgehead atoms. The number of nitrogens with zero attached hydrogens (tertiary/aromatic N) is 1. The fraction of sp³-hybridized carbons (Fsp3) is 0.636. The van der Waals surface area contributed by atoms with Crippen molar-refractivity contribution in [1.29, 1.82) is 0 Å². The minimum Gasteiger partial charge on any atom is -0.505 e. The van der Waals surface area contributed by atoms with E-state index in [1.807, 2.05) is 0 Å². The highest BCUT2D eigenvalue weighted by molar-refractivity contribution is 5.78. The number of carbonyl (C=O) groups is 2. The first kappa shape index (κ1) is 15.3. The first-order valence-corrected chi connectivity index (χ1v) is 5.03. The molecule has 0 fully saturated rings. The molecule has 0 aliphatic rings. The molecule has 0 saturated carbocycles. The molecular weight excluding hydrogens is 226 g/mol. The van der Waals surface area contributed by atoms with Gasteiger partial charge in [-0.1, -0.05) is 13.8 Å². The van der Waals surface area contributed by atoms with Gasteiger partial charge in [-0.25, -0.2) is 9.59 Å². The van der Waals surface area contributed by atoms with Crippen LogP contribution in [0.3, 0.4) is 0 Å². The summed E-state index contributed by atoms with van der Waals surface area (Å²) in [6.07, 6.45) is 0.925. The van der Waals surface area contributed by atoms with E-state index in [4.69, 9.17) is 14.6 Å². The van der Waals surface area contributed by atoms with E-state index in [1.165, 1.54) is 38.4 Å². The molecule has 0 rings (SSSR count). The molecule has 6 heteroatoms. The van der Waals surface area contributed by atoms with Gasteiger partial charge in [-0.3, -0.25) is 0 Å². The van der Waals surface area contributed by atoms with Gasteiger partial charge in [0.2, 0.25) is 6.10 Å². The van der Waals surface area contributed by atoms with Crippen LogP contribution in [-0.2, 0) is 14.3 Å². The zero-order valence-electron chi connectivity index (χ0n) is 10.8. The molecule has 1 atom stereocenters. The number of amides is 1. The number of aliphatic carboxylic acids is 1. The zero-order chi connectivity index (χ0) is 13.6. The minimum atomic E-state index is -1.27. The lowest BCUT2D eigenvalue weighted by Gasteiger charge is -2.28. The van der Waals surface area contributed by atoms with Gasteiger partial charge in [0.05, 0.1) is 13.4 Å². The van der Waals surface area contributed by atoms with Gasteiger partial charge in [0.1, 0.15) is 0 Å². The van der Waals surface area contributed by atoms with Crippen LogP contribution in [0.15, 0.2) is 12.3 Å². The van der Waals surface area contributed by atoms with Gasteiger partial charge >= 0.3 is 12.1 Å². The number of carbonyl (C=O) groups excluding carboxylic acids is 1. The van der Waals surface area contributed by atoms with E-state index in [2.05, 4.69) is 0 Å². The van der Waals surface area contributed by atoms with Gasteiger partial charge in [-0.05, 0) is 6.08 Å². The molecule has 1 amide bonds. The molecule has 1 N–H and O–H groups in total. The molecule has 6 nitrogen and oxygen atoms in total. The minimum absolute atomic E-state index is 0.698. The summed E-state index contributed by atoms with van der Waals surface area (Å²) in [7, 11) is 4.42. The number of ether oxygens (including phenoxy) is 2. The molecule has 0 aromatic carbocycles. The fourth-order valence-corrected chi connectivity index (χ4v) is 1.06. The normalized spacial score (nSPS) is 13.2. The van der Waals surface area contributed by atoms with Gasteiger partial charge < -0.3 is 19.5 Å². The molecule has 0 aliphatic carbocycles. The predicted molar refractivity (Wildman–Crippen MR) is 61.5 cm³/mol. The van der Waals surface area contributed by atoms with Crippen molar-refractivity contribution in [1.82, 2.24) is 4.90 Å². The average molecular weight is 245 g/mol. The van der Waals surface area contributed by atoms with Crippen LogP contribution in [0, 0.1) is 5.41 Å². The Balaban J connectivity index is 4.91. The second-order valence-corrected chi connectivity index (χ2v) is 4.36. The monoisotopic (exact) mass is 245 g/mol. The molecule has 1 unspecified atom stereocenters. The molecular formula is C11H19NO5. The van der Waals surface area contributed by atoms with Gasteiger partial charge in [0.15, 0.2) is 0 Å². The first-order valence-electron chi connectivity index (χ1n) is 5.03. The topological polar surface area (TPSA) is 76.1 Å². The molecule has 0 radical (unpaired) electrons. The van der Waals surface area contributed by atoms with E-state index in [-0.39, 0.29) is 0 Å². The van der Waals surface area contributed by atoms with Crippen LogP contribution in [0.5, 0.6) is 0 Å². The lowest BCUT2D eigenvalue weighted by atomic mass is 9.86. The molecule has 17 heavy (non-hydrogen) atoms. The van der Waals surface area contributed by atoms with Gasteiger partial charge in [-0.2, -0.15) is 0 Å². The number of rotatable bonds is 5. The highest BCUT2D eigenvalue weighted by Gasteiger charge is 2.37. The highest BCUT2D eigenvalue weighted by Crippen LogP contribution is 2.26. The third kappa shape index (κ3) is 4.76. The van der Waals surface area contributed by atoms with Crippen molar-refractivity contribution >= 4 is 12.1 Å². The van der Waals surface area contributed by atoms with E-state index < -0.39 is 23.6 Å². The van der Waals surface area contributed by atoms with Crippen molar-refractivity contribution in [2.45, 2.75) is 20.0 Å². The summed E-state index contributed by atoms with van der Waals surface area (Å²) < 4.78 is 9.65. The molecule has 0 aromatic heterocycles. The summed E-state index contributed by atoms with van der Waals surface area (Å²) in [6.45, 7) is 3.29. The Kier molecular flexibility index (Phi) is 5.50. The quantitative estimate of drug-likeness (QED) is 0.739. The summed E-state index contributed by atoms with van der Waals surface area (Å²) in [5.41, 5.74) is -0.868. The third-order valence-electron chi connectivity index (χ3n) is 2.12. The first-order chi connectivity index (χ1) is 7.72. The highest BCUT2D eigenvalue weighted by atomic mass is 16.6. The van der Waals surface area contributed by atoms with E-state index in [1.54, 1.807) is 13.8 Å². The Morgan fingerprint density at radius 2 is 1.88 bits per heavy atom.